The summed E-state index contributed by atoms with van der Waals surface area (Å²) in [6.45, 7) is 3.05. The van der Waals surface area contributed by atoms with Gasteiger partial charge in [-0.25, -0.2) is 19.0 Å². The number of halogens is 1. The number of hydrogen-bond acceptors (Lipinski definition) is 10. The molecule has 2 aromatic rings. The molecule has 0 unspecified atom stereocenters. The van der Waals surface area contributed by atoms with Crippen LogP contribution in [0.15, 0.2) is 36.5 Å². The monoisotopic (exact) mass is 548 g/mol. The van der Waals surface area contributed by atoms with E-state index in [1.807, 2.05) is 0 Å². The van der Waals surface area contributed by atoms with Gasteiger partial charge in [-0.1, -0.05) is 6.42 Å². The van der Waals surface area contributed by atoms with E-state index >= 15 is 0 Å². The molecule has 1 aromatic heterocycles. The molecule has 3 rings (SSSR count). The first-order valence-corrected chi connectivity index (χ1v) is 12.6. The Kier molecular flexibility index (Phi) is 11.3. The smallest absolute Gasteiger partial charge is 0.334 e. The summed E-state index contributed by atoms with van der Waals surface area (Å²) < 4.78 is 45.5. The number of aromatic nitrogens is 1. The van der Waals surface area contributed by atoms with Gasteiger partial charge in [0.25, 0.3) is 5.91 Å². The topological polar surface area (TPSA) is 132 Å². The summed E-state index contributed by atoms with van der Waals surface area (Å²) in [7, 11) is 1.38. The Bertz CT molecular complexity index is 1110. The Hall–Kier alpha value is -3.93. The van der Waals surface area contributed by atoms with Crippen LogP contribution in [-0.4, -0.2) is 68.2 Å². The van der Waals surface area contributed by atoms with Gasteiger partial charge in [0.2, 0.25) is 6.79 Å². The third-order valence-corrected chi connectivity index (χ3v) is 5.90. The van der Waals surface area contributed by atoms with E-state index in [0.717, 1.165) is 0 Å². The van der Waals surface area contributed by atoms with Gasteiger partial charge in [0, 0.05) is 18.9 Å². The zero-order valence-corrected chi connectivity index (χ0v) is 22.1. The van der Waals surface area contributed by atoms with Crippen molar-refractivity contribution < 1.29 is 47.2 Å². The summed E-state index contributed by atoms with van der Waals surface area (Å²) in [6, 6.07) is 6.14. The molecular weight excluding hydrogens is 515 g/mol. The lowest BCUT2D eigenvalue weighted by atomic mass is 10.0. The number of esters is 2. The molecule has 0 spiro atoms. The predicted octanol–water partition coefficient (Wildman–Crippen LogP) is 3.20. The number of rotatable bonds is 11. The standard InChI is InChI=1S/C27H33FN2O9/c1-4-35-15-23(31)36-16-37-25-22(34-3)13-14-29-24(25)26(32)30-20-7-5-6-8-21(17(2)38-27(20)33)39-19-11-9-18(28)10-12-19/h9-14,17,20-21H,4-8,15-16H2,1-3H3,(H,30,32)/t17-,20-,21+/m0/s1. The highest BCUT2D eigenvalue weighted by atomic mass is 19.1. The van der Waals surface area contributed by atoms with Gasteiger partial charge in [-0.2, -0.15) is 0 Å². The van der Waals surface area contributed by atoms with Crippen LogP contribution >= 0.6 is 0 Å². The summed E-state index contributed by atoms with van der Waals surface area (Å²) in [5.74, 6) is -1.75. The van der Waals surface area contributed by atoms with Crippen LogP contribution in [0.3, 0.4) is 0 Å². The second-order valence-corrected chi connectivity index (χ2v) is 8.67. The molecule has 0 radical (unpaired) electrons. The minimum atomic E-state index is -0.950. The number of pyridine rings is 1. The first-order chi connectivity index (χ1) is 18.8. The molecule has 1 N–H and O–H groups in total. The molecule has 1 amide bonds. The van der Waals surface area contributed by atoms with Gasteiger partial charge in [-0.3, -0.25) is 4.79 Å². The lowest BCUT2D eigenvalue weighted by Gasteiger charge is -2.25. The number of benzene rings is 1. The fourth-order valence-corrected chi connectivity index (χ4v) is 3.86. The van der Waals surface area contributed by atoms with E-state index in [9.17, 15) is 18.8 Å². The summed E-state index contributed by atoms with van der Waals surface area (Å²) in [6.07, 6.45) is 2.53. The molecule has 12 heteroatoms. The quantitative estimate of drug-likeness (QED) is 0.330. The Morgan fingerprint density at radius 2 is 1.90 bits per heavy atom. The highest BCUT2D eigenvalue weighted by Gasteiger charge is 2.31. The van der Waals surface area contributed by atoms with Crippen LogP contribution in [0.2, 0.25) is 0 Å². The predicted molar refractivity (Wildman–Crippen MR) is 135 cm³/mol. The first-order valence-electron chi connectivity index (χ1n) is 12.6. The van der Waals surface area contributed by atoms with Crippen LogP contribution < -0.4 is 19.5 Å². The second kappa shape index (κ2) is 14.9. The molecule has 39 heavy (non-hydrogen) atoms. The van der Waals surface area contributed by atoms with E-state index in [-0.39, 0.29) is 29.6 Å². The summed E-state index contributed by atoms with van der Waals surface area (Å²) >= 11 is 0. The van der Waals surface area contributed by atoms with Crippen molar-refractivity contribution in [3.63, 3.8) is 0 Å². The summed E-state index contributed by atoms with van der Waals surface area (Å²) in [5.41, 5.74) is -0.159. The maximum absolute atomic E-state index is 13.2. The van der Waals surface area contributed by atoms with Crippen LogP contribution in [0, 0.1) is 5.82 Å². The van der Waals surface area contributed by atoms with E-state index in [1.165, 1.54) is 43.6 Å². The van der Waals surface area contributed by atoms with Crippen molar-refractivity contribution in [2.75, 3.05) is 27.1 Å². The Morgan fingerprint density at radius 3 is 2.62 bits per heavy atom. The highest BCUT2D eigenvalue weighted by molar-refractivity contribution is 5.98. The van der Waals surface area contributed by atoms with Crippen LogP contribution in [0.25, 0.3) is 0 Å². The van der Waals surface area contributed by atoms with Crippen molar-refractivity contribution in [1.82, 2.24) is 10.3 Å². The van der Waals surface area contributed by atoms with Crippen molar-refractivity contribution in [2.45, 2.75) is 57.8 Å². The fraction of sp³-hybridized carbons (Fsp3) is 0.481. The third-order valence-electron chi connectivity index (χ3n) is 5.90. The average molecular weight is 549 g/mol. The van der Waals surface area contributed by atoms with E-state index in [1.54, 1.807) is 13.8 Å². The second-order valence-electron chi connectivity index (χ2n) is 8.67. The zero-order chi connectivity index (χ0) is 28.2. The number of methoxy groups -OCH3 is 1. The van der Waals surface area contributed by atoms with Gasteiger partial charge in [-0.15, -0.1) is 0 Å². The molecule has 0 aliphatic carbocycles. The van der Waals surface area contributed by atoms with Crippen molar-refractivity contribution in [3.8, 4) is 17.2 Å². The van der Waals surface area contributed by atoms with Crippen LogP contribution in [0.1, 0.15) is 50.0 Å². The van der Waals surface area contributed by atoms with Crippen LogP contribution in [0.5, 0.6) is 17.2 Å². The molecule has 0 saturated carbocycles. The van der Waals surface area contributed by atoms with Crippen LogP contribution in [-0.2, 0) is 23.8 Å². The summed E-state index contributed by atoms with van der Waals surface area (Å²) in [4.78, 5) is 42.0. The molecule has 212 valence electrons. The van der Waals surface area contributed by atoms with Gasteiger partial charge in [0.15, 0.2) is 17.2 Å². The van der Waals surface area contributed by atoms with Crippen LogP contribution in [0.4, 0.5) is 4.39 Å². The van der Waals surface area contributed by atoms with Gasteiger partial charge in [0.1, 0.15) is 36.4 Å². The lowest BCUT2D eigenvalue weighted by molar-refractivity contribution is -0.156. The molecule has 1 aliphatic rings. The Morgan fingerprint density at radius 1 is 1.15 bits per heavy atom. The molecular formula is C27H33FN2O9. The minimum absolute atomic E-state index is 0.0562. The molecule has 1 saturated heterocycles. The normalized spacial score (nSPS) is 19.5. The molecule has 0 bridgehead atoms. The van der Waals surface area contributed by atoms with Crippen molar-refractivity contribution in [1.29, 1.82) is 0 Å². The maximum Gasteiger partial charge on any atom is 0.334 e. The van der Waals surface area contributed by atoms with E-state index in [0.29, 0.717) is 38.0 Å². The molecule has 11 nitrogen and oxygen atoms in total. The maximum atomic E-state index is 13.2. The molecule has 2 heterocycles. The molecule has 1 aliphatic heterocycles. The first kappa shape index (κ1) is 29.6. The third kappa shape index (κ3) is 8.81. The number of carbonyl (C=O) groups is 3. The fourth-order valence-electron chi connectivity index (χ4n) is 3.86. The minimum Gasteiger partial charge on any atom is -0.493 e. The van der Waals surface area contributed by atoms with E-state index in [2.05, 4.69) is 10.3 Å². The molecule has 1 aromatic carbocycles. The summed E-state index contributed by atoms with van der Waals surface area (Å²) in [5, 5.41) is 2.67. The number of cyclic esters (lactones) is 1. The average Bonchev–Trinajstić information content (AvgIpc) is 2.98. The number of nitrogens with zero attached hydrogens (tertiary/aromatic N) is 1. The van der Waals surface area contributed by atoms with Crippen molar-refractivity contribution >= 4 is 17.8 Å². The number of ether oxygens (including phenoxy) is 6. The molecule has 3 atom stereocenters. The number of amides is 1. The zero-order valence-electron chi connectivity index (χ0n) is 22.1. The van der Waals surface area contributed by atoms with E-state index in [4.69, 9.17) is 28.4 Å². The SMILES string of the molecule is CCOCC(=O)OCOc1c(OC)ccnc1C(=O)N[C@H]1CCCC[C@@H](Oc2ccc(F)cc2)[C@H](C)OC1=O. The molecule has 1 fully saturated rings. The van der Waals surface area contributed by atoms with Gasteiger partial charge >= 0.3 is 11.9 Å². The largest absolute Gasteiger partial charge is 0.493 e. The Balaban J connectivity index is 1.66. The Labute approximate surface area is 225 Å². The highest BCUT2D eigenvalue weighted by Crippen LogP contribution is 2.30. The number of nitrogens with one attached hydrogen (secondary N) is 1. The number of carbonyl (C=O) groups excluding carboxylic acids is 3. The van der Waals surface area contributed by atoms with Gasteiger partial charge in [0.05, 0.1) is 7.11 Å². The lowest BCUT2D eigenvalue weighted by Crippen LogP contribution is -2.44. The van der Waals surface area contributed by atoms with Crippen molar-refractivity contribution in [3.05, 3.63) is 48.0 Å². The van der Waals surface area contributed by atoms with Gasteiger partial charge in [-0.05, 0) is 57.4 Å². The van der Waals surface area contributed by atoms with Crippen molar-refractivity contribution in [2.24, 2.45) is 0 Å². The van der Waals surface area contributed by atoms with Gasteiger partial charge < -0.3 is 33.7 Å². The van der Waals surface area contributed by atoms with E-state index < -0.39 is 42.9 Å². The number of hydrogen-bond donors (Lipinski definition) is 1.